The minimum Gasteiger partial charge on any atom is -0.497 e. The molecule has 0 aliphatic carbocycles. The van der Waals surface area contributed by atoms with E-state index in [-0.39, 0.29) is 78.8 Å². The number of rotatable bonds is 15. The molecule has 0 saturated heterocycles. The quantitative estimate of drug-likeness (QED) is 0.0161. The predicted octanol–water partition coefficient (Wildman–Crippen LogP) is 9.58. The SMILES string of the molecule is CC(C)(C)OC(=O)NC(N)=Nc1ccc(OCCN=[N+]=[N-])c(C(=O)OC(C)(C)C)c1.COc1ccc(COC(=O)NC(=Nc2ccc(OCCN=[N+]=[N-])c(C(=O)OC(C)(C)C)c2)NC(=O)OC(C)(C)C)cc1. The van der Waals surface area contributed by atoms with Gasteiger partial charge in [0.25, 0.3) is 0 Å². The molecular formula is C47H64N12O13. The lowest BCUT2D eigenvalue weighted by Gasteiger charge is -2.21. The van der Waals surface area contributed by atoms with E-state index in [0.717, 1.165) is 0 Å². The Hall–Kier alpha value is -8.43. The maximum Gasteiger partial charge on any atom is 0.414 e. The summed E-state index contributed by atoms with van der Waals surface area (Å²) in [6.45, 7) is 20.6. The zero-order chi connectivity index (χ0) is 54.3. The first-order valence-electron chi connectivity index (χ1n) is 22.0. The Morgan fingerprint density at radius 3 is 1.40 bits per heavy atom. The Morgan fingerprint density at radius 1 is 0.569 bits per heavy atom. The van der Waals surface area contributed by atoms with Crippen molar-refractivity contribution >= 4 is 53.5 Å². The molecule has 72 heavy (non-hydrogen) atoms. The van der Waals surface area contributed by atoms with Crippen molar-refractivity contribution in [3.05, 3.63) is 98.2 Å². The van der Waals surface area contributed by atoms with Crippen LogP contribution in [0.25, 0.3) is 20.9 Å². The van der Waals surface area contributed by atoms with Gasteiger partial charge in [0.1, 0.15) is 57.4 Å². The molecule has 0 fully saturated rings. The van der Waals surface area contributed by atoms with Crippen molar-refractivity contribution in [1.29, 1.82) is 0 Å². The molecule has 0 spiro atoms. The van der Waals surface area contributed by atoms with E-state index in [1.165, 1.54) is 30.3 Å². The zero-order valence-electron chi connectivity index (χ0n) is 42.8. The molecule has 0 bridgehead atoms. The molecule has 0 unspecified atom stereocenters. The van der Waals surface area contributed by atoms with Crippen molar-refractivity contribution in [2.24, 2.45) is 25.9 Å². The predicted molar refractivity (Wildman–Crippen MR) is 266 cm³/mol. The molecule has 0 saturated carbocycles. The third-order valence-corrected chi connectivity index (χ3v) is 7.68. The summed E-state index contributed by atoms with van der Waals surface area (Å²) in [7, 11) is 1.54. The van der Waals surface area contributed by atoms with E-state index in [9.17, 15) is 24.0 Å². The number of hydrogen-bond donors (Lipinski definition) is 4. The first-order chi connectivity index (χ1) is 33.5. The molecule has 5 N–H and O–H groups in total. The molecule has 25 nitrogen and oxygen atoms in total. The van der Waals surface area contributed by atoms with E-state index in [4.69, 9.17) is 54.7 Å². The normalized spacial score (nSPS) is 11.6. The fourth-order valence-corrected chi connectivity index (χ4v) is 5.09. The van der Waals surface area contributed by atoms with Crippen molar-refractivity contribution in [1.82, 2.24) is 16.0 Å². The molecule has 25 heteroatoms. The van der Waals surface area contributed by atoms with Gasteiger partial charge in [-0.25, -0.2) is 34.0 Å². The number of nitrogens with one attached hydrogen (secondary N) is 3. The van der Waals surface area contributed by atoms with Crippen LogP contribution in [0.1, 0.15) is 109 Å². The summed E-state index contributed by atoms with van der Waals surface area (Å²) in [5, 5.41) is 13.9. The Bertz CT molecular complexity index is 2510. The first-order valence-corrected chi connectivity index (χ1v) is 22.0. The lowest BCUT2D eigenvalue weighted by Crippen LogP contribution is -2.45. The average molecular weight is 1010 g/mol. The van der Waals surface area contributed by atoms with Gasteiger partial charge in [-0.3, -0.25) is 16.0 Å². The van der Waals surface area contributed by atoms with Crippen LogP contribution in [0.5, 0.6) is 17.2 Å². The van der Waals surface area contributed by atoms with E-state index in [1.54, 1.807) is 121 Å². The molecule has 3 aromatic carbocycles. The number of methoxy groups -OCH3 is 1. The number of hydrogen-bond acceptors (Lipinski definition) is 17. The van der Waals surface area contributed by atoms with Gasteiger partial charge in [-0.1, -0.05) is 22.4 Å². The van der Waals surface area contributed by atoms with Crippen LogP contribution in [0.4, 0.5) is 25.8 Å². The number of carbonyl (C=O) groups is 5. The molecule has 0 radical (unpaired) electrons. The molecular weight excluding hydrogens is 941 g/mol. The molecule has 0 aliphatic rings. The van der Waals surface area contributed by atoms with Crippen molar-refractivity contribution in [2.75, 3.05) is 33.4 Å². The summed E-state index contributed by atoms with van der Waals surface area (Å²) < 4.78 is 42.8. The van der Waals surface area contributed by atoms with Gasteiger partial charge in [0.05, 0.1) is 44.8 Å². The van der Waals surface area contributed by atoms with Crippen molar-refractivity contribution in [2.45, 2.75) is 112 Å². The third kappa shape index (κ3) is 25.3. The topological polar surface area (TPSA) is 344 Å². The van der Waals surface area contributed by atoms with E-state index < -0.39 is 52.6 Å². The Morgan fingerprint density at radius 2 is 0.986 bits per heavy atom. The number of aliphatic imine (C=N–C) groups is 2. The van der Waals surface area contributed by atoms with Gasteiger partial charge in [-0.15, -0.1) is 0 Å². The number of azide groups is 2. The number of ether oxygens (including phenoxy) is 8. The lowest BCUT2D eigenvalue weighted by molar-refractivity contribution is 0.00530. The fourth-order valence-electron chi connectivity index (χ4n) is 5.09. The summed E-state index contributed by atoms with van der Waals surface area (Å²) in [5.41, 5.74) is 20.8. The zero-order valence-corrected chi connectivity index (χ0v) is 42.8. The largest absolute Gasteiger partial charge is 0.497 e. The number of alkyl carbamates (subject to hydrolysis) is 3. The van der Waals surface area contributed by atoms with Crippen LogP contribution < -0.4 is 35.9 Å². The summed E-state index contributed by atoms with van der Waals surface area (Å²) in [6, 6.07) is 15.7. The average Bonchev–Trinajstić information content (AvgIpc) is 3.24. The smallest absolute Gasteiger partial charge is 0.414 e. The van der Waals surface area contributed by atoms with E-state index in [0.29, 0.717) is 11.3 Å². The molecule has 3 amide bonds. The molecule has 3 aromatic rings. The number of nitrogens with two attached hydrogens (primary N) is 1. The van der Waals surface area contributed by atoms with Crippen LogP contribution in [0.2, 0.25) is 0 Å². The highest BCUT2D eigenvalue weighted by atomic mass is 16.6. The summed E-state index contributed by atoms with van der Waals surface area (Å²) in [6.07, 6.45) is -2.55. The Kier molecular flexibility index (Phi) is 22.9. The molecule has 3 rings (SSSR count). The molecule has 0 aliphatic heterocycles. The number of carbonyl (C=O) groups excluding carboxylic acids is 5. The first kappa shape index (κ1) is 59.7. The minimum atomic E-state index is -0.911. The van der Waals surface area contributed by atoms with Crippen LogP contribution in [-0.2, 0) is 30.3 Å². The minimum absolute atomic E-state index is 0.00944. The second kappa shape index (κ2) is 27.7. The Balaban J connectivity index is 0.000000523. The van der Waals surface area contributed by atoms with Crippen molar-refractivity contribution < 1.29 is 61.9 Å². The van der Waals surface area contributed by atoms with Crippen LogP contribution >= 0.6 is 0 Å². The van der Waals surface area contributed by atoms with E-state index in [2.05, 4.69) is 46.0 Å². The highest BCUT2D eigenvalue weighted by Gasteiger charge is 2.25. The highest BCUT2D eigenvalue weighted by Crippen LogP contribution is 2.29. The van der Waals surface area contributed by atoms with Gasteiger partial charge < -0.3 is 43.6 Å². The molecule has 0 aromatic heterocycles. The lowest BCUT2D eigenvalue weighted by atomic mass is 10.1. The number of amides is 3. The van der Waals surface area contributed by atoms with Gasteiger partial charge in [0.2, 0.25) is 11.9 Å². The van der Waals surface area contributed by atoms with Crippen LogP contribution in [0.3, 0.4) is 0 Å². The van der Waals surface area contributed by atoms with Crippen molar-refractivity contribution in [3.8, 4) is 17.2 Å². The Labute approximate surface area is 417 Å². The summed E-state index contributed by atoms with van der Waals surface area (Å²) >= 11 is 0. The van der Waals surface area contributed by atoms with Gasteiger partial charge in [-0.2, -0.15) is 0 Å². The van der Waals surface area contributed by atoms with E-state index >= 15 is 0 Å². The van der Waals surface area contributed by atoms with Gasteiger partial charge in [-0.05, 0) is 148 Å². The molecule has 0 atom stereocenters. The standard InChI is InChI=1S/C28H36N6O8.C19H28N6O5/c1-27(2,3)41-23(35)21-16-19(10-13-22(21)39-15-14-30-34-29)31-24(33-26(37)42-28(4,5)6)32-25(36)40-17-18-8-11-20(38-7)12-9-18;1-18(2,3)29-15(26)13-11-12(7-8-14(13)28-10-9-22-25-21)23-16(20)24-17(27)30-19(4,5)6/h8-13,16H,14-15,17H2,1-7H3,(H2,31,32,33,36,37);7-8,11H,9-10H2,1-6H3,(H3,20,23,24,27). The number of guanidine groups is 2. The molecule has 390 valence electrons. The van der Waals surface area contributed by atoms with E-state index in [1.807, 2.05) is 0 Å². The third-order valence-electron chi connectivity index (χ3n) is 7.68. The maximum atomic E-state index is 13.0. The van der Waals surface area contributed by atoms with Crippen LogP contribution in [-0.4, -0.2) is 98.0 Å². The fraction of sp³-hybridized carbons (Fsp3) is 0.468. The number of esters is 2. The summed E-state index contributed by atoms with van der Waals surface area (Å²) in [4.78, 5) is 76.1. The number of benzene rings is 3. The summed E-state index contributed by atoms with van der Waals surface area (Å²) in [5.74, 6) is -0.826. The van der Waals surface area contributed by atoms with Crippen LogP contribution in [0.15, 0.2) is 80.9 Å². The molecule has 0 heterocycles. The van der Waals surface area contributed by atoms with Gasteiger partial charge in [0, 0.05) is 9.82 Å². The van der Waals surface area contributed by atoms with Gasteiger partial charge in [0.15, 0.2) is 0 Å². The second-order valence-electron chi connectivity index (χ2n) is 18.7. The second-order valence-corrected chi connectivity index (χ2v) is 18.7. The monoisotopic (exact) mass is 1000 g/mol. The van der Waals surface area contributed by atoms with Crippen LogP contribution in [0, 0.1) is 0 Å². The number of nitrogens with zero attached hydrogens (tertiary/aromatic N) is 8. The highest BCUT2D eigenvalue weighted by molar-refractivity contribution is 6.03. The van der Waals surface area contributed by atoms with Gasteiger partial charge >= 0.3 is 30.2 Å². The maximum absolute atomic E-state index is 13.0. The van der Waals surface area contributed by atoms with Crippen molar-refractivity contribution in [3.63, 3.8) is 0 Å².